The van der Waals surface area contributed by atoms with Gasteiger partial charge in [0.1, 0.15) is 0 Å². The van der Waals surface area contributed by atoms with Crippen LogP contribution in [-0.4, -0.2) is 65.3 Å². The van der Waals surface area contributed by atoms with E-state index in [-0.39, 0.29) is 5.92 Å². The second-order valence-corrected chi connectivity index (χ2v) is 10.3. The zero-order chi connectivity index (χ0) is 18.9. The maximum atomic E-state index is 11.9. The summed E-state index contributed by atoms with van der Waals surface area (Å²) in [5.41, 5.74) is 1.69. The molecule has 0 aromatic carbocycles. The molecule has 2 aliphatic heterocycles. The Balaban J connectivity index is 1.38. The van der Waals surface area contributed by atoms with Gasteiger partial charge >= 0.3 is 0 Å². The molecule has 2 aromatic heterocycles. The summed E-state index contributed by atoms with van der Waals surface area (Å²) < 4.78 is 28.0. The summed E-state index contributed by atoms with van der Waals surface area (Å²) in [7, 11) is -3.26. The number of rotatable bonds is 5. The van der Waals surface area contributed by atoms with Crippen LogP contribution in [-0.2, 0) is 16.4 Å². The summed E-state index contributed by atoms with van der Waals surface area (Å²) in [6, 6.07) is 1.98. The lowest BCUT2D eigenvalue weighted by Gasteiger charge is -2.31. The number of anilines is 1. The first-order valence-corrected chi connectivity index (χ1v) is 12.0. The van der Waals surface area contributed by atoms with Crippen LogP contribution >= 0.6 is 11.5 Å². The van der Waals surface area contributed by atoms with Crippen LogP contribution in [0.4, 0.5) is 5.95 Å². The molecule has 0 spiro atoms. The molecular weight excluding hydrogens is 384 g/mol. The molecule has 4 rings (SSSR count). The minimum Gasteiger partial charge on any atom is -0.341 e. The standard InChI is InChI=1S/C17H24N6O2S2/c1-27(24,25)16-15(20-21-26-16)13-5-10-22(11-6-13)12-14-4-7-18-17(19-14)23-8-2-3-9-23/h4,7,13H,2-3,5-6,8-12H2,1H3. The van der Waals surface area contributed by atoms with Crippen LogP contribution < -0.4 is 4.90 Å². The van der Waals surface area contributed by atoms with Gasteiger partial charge in [-0.3, -0.25) is 4.90 Å². The smallest absolute Gasteiger partial charge is 0.225 e. The zero-order valence-electron chi connectivity index (χ0n) is 15.4. The van der Waals surface area contributed by atoms with Crippen LogP contribution in [0.2, 0.25) is 0 Å². The molecule has 0 amide bonds. The third-order valence-electron chi connectivity index (χ3n) is 5.27. The van der Waals surface area contributed by atoms with Crippen molar-refractivity contribution in [3.05, 3.63) is 23.7 Å². The summed E-state index contributed by atoms with van der Waals surface area (Å²) in [5.74, 6) is 1.00. The van der Waals surface area contributed by atoms with Gasteiger partial charge in [0.2, 0.25) is 5.95 Å². The highest BCUT2D eigenvalue weighted by Crippen LogP contribution is 2.33. The summed E-state index contributed by atoms with van der Waals surface area (Å²) in [4.78, 5) is 13.8. The summed E-state index contributed by atoms with van der Waals surface area (Å²) in [6.45, 7) is 4.67. The van der Waals surface area contributed by atoms with E-state index in [1.807, 2.05) is 12.3 Å². The average Bonchev–Trinajstić information content (AvgIpc) is 3.34. The summed E-state index contributed by atoms with van der Waals surface area (Å²) in [6.07, 6.45) is 7.27. The SMILES string of the molecule is CS(=O)(=O)c1snnc1C1CCN(Cc2ccnc(N3CCCC3)n2)CC1. The third kappa shape index (κ3) is 4.27. The van der Waals surface area contributed by atoms with Crippen molar-refractivity contribution in [1.82, 2.24) is 24.5 Å². The molecule has 4 heterocycles. The fraction of sp³-hybridized carbons (Fsp3) is 0.647. The van der Waals surface area contributed by atoms with Crippen LogP contribution in [0, 0.1) is 0 Å². The van der Waals surface area contributed by atoms with Crippen LogP contribution in [0.3, 0.4) is 0 Å². The lowest BCUT2D eigenvalue weighted by Crippen LogP contribution is -2.33. The lowest BCUT2D eigenvalue weighted by molar-refractivity contribution is 0.200. The minimum absolute atomic E-state index is 0.162. The highest BCUT2D eigenvalue weighted by atomic mass is 32.2. The Morgan fingerprint density at radius 2 is 1.93 bits per heavy atom. The van der Waals surface area contributed by atoms with E-state index in [1.54, 1.807) is 0 Å². The Morgan fingerprint density at radius 1 is 1.19 bits per heavy atom. The first-order chi connectivity index (χ1) is 13.0. The number of piperidine rings is 1. The highest BCUT2D eigenvalue weighted by molar-refractivity contribution is 7.92. The fourth-order valence-corrected chi connectivity index (χ4v) is 5.56. The molecule has 0 bridgehead atoms. The van der Waals surface area contributed by atoms with Gasteiger partial charge in [0.15, 0.2) is 14.0 Å². The van der Waals surface area contributed by atoms with Gasteiger partial charge < -0.3 is 4.90 Å². The van der Waals surface area contributed by atoms with E-state index in [9.17, 15) is 8.42 Å². The first kappa shape index (κ1) is 18.7. The third-order valence-corrected chi connectivity index (χ3v) is 7.82. The van der Waals surface area contributed by atoms with E-state index in [0.717, 1.165) is 68.7 Å². The quantitative estimate of drug-likeness (QED) is 0.738. The molecule has 10 heteroatoms. The Kier molecular flexibility index (Phi) is 5.38. The van der Waals surface area contributed by atoms with E-state index >= 15 is 0 Å². The normalized spacial score (nSPS) is 19.7. The van der Waals surface area contributed by atoms with Crippen molar-refractivity contribution >= 4 is 27.3 Å². The monoisotopic (exact) mass is 408 g/mol. The maximum absolute atomic E-state index is 11.9. The Hall–Kier alpha value is -1.65. The van der Waals surface area contributed by atoms with E-state index in [4.69, 9.17) is 4.98 Å². The van der Waals surface area contributed by atoms with Gasteiger partial charge in [0.05, 0.1) is 11.4 Å². The van der Waals surface area contributed by atoms with Crippen molar-refractivity contribution in [3.8, 4) is 0 Å². The van der Waals surface area contributed by atoms with Crippen molar-refractivity contribution in [2.24, 2.45) is 0 Å². The van der Waals surface area contributed by atoms with Gasteiger partial charge in [0.25, 0.3) is 0 Å². The van der Waals surface area contributed by atoms with Gasteiger partial charge in [-0.05, 0) is 44.8 Å². The van der Waals surface area contributed by atoms with Crippen LogP contribution in [0.25, 0.3) is 0 Å². The van der Waals surface area contributed by atoms with Crippen molar-refractivity contribution in [2.45, 2.75) is 42.4 Å². The largest absolute Gasteiger partial charge is 0.341 e. The van der Waals surface area contributed by atoms with Gasteiger partial charge in [-0.1, -0.05) is 4.49 Å². The number of hydrogen-bond acceptors (Lipinski definition) is 9. The molecule has 27 heavy (non-hydrogen) atoms. The topological polar surface area (TPSA) is 92.2 Å². The Bertz CT molecular complexity index is 886. The molecule has 2 aliphatic rings. The van der Waals surface area contributed by atoms with E-state index in [1.165, 1.54) is 19.1 Å². The van der Waals surface area contributed by atoms with Gasteiger partial charge in [0, 0.05) is 49.5 Å². The summed E-state index contributed by atoms with van der Waals surface area (Å²) in [5, 5.41) is 4.12. The molecule has 0 unspecified atom stereocenters. The number of sulfone groups is 1. The Morgan fingerprint density at radius 3 is 2.63 bits per heavy atom. The van der Waals surface area contributed by atoms with Crippen molar-refractivity contribution in [3.63, 3.8) is 0 Å². The predicted molar refractivity (Wildman–Crippen MR) is 104 cm³/mol. The van der Waals surface area contributed by atoms with E-state index < -0.39 is 9.84 Å². The number of aromatic nitrogens is 4. The minimum atomic E-state index is -3.26. The molecule has 0 radical (unpaired) electrons. The molecule has 146 valence electrons. The van der Waals surface area contributed by atoms with Crippen LogP contribution in [0.5, 0.6) is 0 Å². The number of hydrogen-bond donors (Lipinski definition) is 0. The van der Waals surface area contributed by atoms with Gasteiger partial charge in [-0.15, -0.1) is 5.10 Å². The first-order valence-electron chi connectivity index (χ1n) is 9.32. The molecular formula is C17H24N6O2S2. The predicted octanol–water partition coefficient (Wildman–Crippen LogP) is 1.71. The highest BCUT2D eigenvalue weighted by Gasteiger charge is 2.29. The van der Waals surface area contributed by atoms with Crippen molar-refractivity contribution < 1.29 is 8.42 Å². The van der Waals surface area contributed by atoms with Crippen molar-refractivity contribution in [2.75, 3.05) is 37.3 Å². The molecule has 8 nitrogen and oxygen atoms in total. The second-order valence-electron chi connectivity index (χ2n) is 7.31. The van der Waals surface area contributed by atoms with Gasteiger partial charge in [-0.2, -0.15) is 0 Å². The molecule has 0 atom stereocenters. The number of nitrogens with zero attached hydrogens (tertiary/aromatic N) is 6. The lowest BCUT2D eigenvalue weighted by atomic mass is 9.94. The van der Waals surface area contributed by atoms with Crippen LogP contribution in [0.1, 0.15) is 43.0 Å². The van der Waals surface area contributed by atoms with Gasteiger partial charge in [-0.25, -0.2) is 18.4 Å². The maximum Gasteiger partial charge on any atom is 0.225 e. The molecule has 2 aromatic rings. The molecule has 0 N–H and O–H groups in total. The Labute approximate surface area is 163 Å². The molecule has 2 fully saturated rings. The molecule has 2 saturated heterocycles. The van der Waals surface area contributed by atoms with E-state index in [0.29, 0.717) is 9.90 Å². The zero-order valence-corrected chi connectivity index (χ0v) is 17.0. The summed E-state index contributed by atoms with van der Waals surface area (Å²) >= 11 is 0.983. The van der Waals surface area contributed by atoms with Crippen LogP contribution in [0.15, 0.2) is 16.5 Å². The molecule has 0 aliphatic carbocycles. The van der Waals surface area contributed by atoms with E-state index in [2.05, 4.69) is 24.4 Å². The fourth-order valence-electron chi connectivity index (χ4n) is 3.83. The average molecular weight is 409 g/mol. The van der Waals surface area contributed by atoms with Crippen molar-refractivity contribution in [1.29, 1.82) is 0 Å². The molecule has 0 saturated carbocycles. The second kappa shape index (κ2) is 7.76. The number of likely N-dealkylation sites (tertiary alicyclic amines) is 1.